The van der Waals surface area contributed by atoms with Crippen LogP contribution in [-0.4, -0.2) is 25.6 Å². The molecule has 6 nitrogen and oxygen atoms in total. The zero-order valence-corrected chi connectivity index (χ0v) is 20.1. The molecule has 0 atom stereocenters. The Bertz CT molecular complexity index is 1320. The largest absolute Gasteiger partial charge is 0.292 e. The van der Waals surface area contributed by atoms with Gasteiger partial charge in [0.05, 0.1) is 10.7 Å². The number of ketones is 1. The third-order valence-corrected chi connectivity index (χ3v) is 6.21. The van der Waals surface area contributed by atoms with Crippen molar-refractivity contribution in [3.63, 3.8) is 0 Å². The first-order valence-corrected chi connectivity index (χ1v) is 11.5. The SMILES string of the molecule is CC(=O)/C(=N/Nc1ccc(C)cc1)Sc1nnc(-c2ccc(Cl)cc2Cl)n1-c1ccccc1. The fraction of sp³-hybridized carbons (Fsp3) is 0.0833. The van der Waals surface area contributed by atoms with Crippen LogP contribution in [0, 0.1) is 6.92 Å². The zero-order chi connectivity index (χ0) is 23.4. The van der Waals surface area contributed by atoms with Gasteiger partial charge in [0.1, 0.15) is 0 Å². The lowest BCUT2D eigenvalue weighted by Crippen LogP contribution is -2.10. The van der Waals surface area contributed by atoms with Gasteiger partial charge < -0.3 is 0 Å². The van der Waals surface area contributed by atoms with E-state index >= 15 is 0 Å². The van der Waals surface area contributed by atoms with Gasteiger partial charge in [-0.15, -0.1) is 10.2 Å². The number of thioether (sulfide) groups is 1. The normalized spacial score (nSPS) is 11.5. The molecule has 4 aromatic rings. The highest BCUT2D eigenvalue weighted by Gasteiger charge is 2.21. The fourth-order valence-electron chi connectivity index (χ4n) is 2.99. The number of carbonyl (C=O) groups excluding carboxylic acids is 1. The molecular weight excluding hydrogens is 477 g/mol. The molecule has 0 unspecified atom stereocenters. The monoisotopic (exact) mass is 495 g/mol. The van der Waals surface area contributed by atoms with E-state index in [2.05, 4.69) is 20.7 Å². The fourth-order valence-corrected chi connectivity index (χ4v) is 4.26. The van der Waals surface area contributed by atoms with Gasteiger partial charge in [0.15, 0.2) is 16.7 Å². The van der Waals surface area contributed by atoms with Gasteiger partial charge in [0, 0.05) is 23.2 Å². The molecule has 0 saturated carbocycles. The quantitative estimate of drug-likeness (QED) is 0.140. The van der Waals surface area contributed by atoms with Crippen LogP contribution in [0.5, 0.6) is 0 Å². The van der Waals surface area contributed by atoms with Crippen LogP contribution in [0.4, 0.5) is 5.69 Å². The number of halogens is 2. The van der Waals surface area contributed by atoms with Crippen molar-refractivity contribution in [2.45, 2.75) is 19.0 Å². The van der Waals surface area contributed by atoms with Gasteiger partial charge in [0.25, 0.3) is 0 Å². The molecule has 0 amide bonds. The molecule has 0 radical (unpaired) electrons. The molecule has 3 aromatic carbocycles. The minimum absolute atomic E-state index is 0.201. The predicted molar refractivity (Wildman–Crippen MR) is 136 cm³/mol. The number of carbonyl (C=O) groups is 1. The molecule has 9 heteroatoms. The van der Waals surface area contributed by atoms with Crippen LogP contribution < -0.4 is 5.43 Å². The van der Waals surface area contributed by atoms with E-state index in [1.165, 1.54) is 6.92 Å². The lowest BCUT2D eigenvalue weighted by atomic mass is 10.2. The maximum Gasteiger partial charge on any atom is 0.202 e. The second-order valence-corrected chi connectivity index (χ2v) is 8.95. The summed E-state index contributed by atoms with van der Waals surface area (Å²) in [5.41, 5.74) is 6.34. The molecular formula is C24H19Cl2N5OS. The topological polar surface area (TPSA) is 72.2 Å². The highest BCUT2D eigenvalue weighted by molar-refractivity contribution is 8.15. The number of rotatable bonds is 6. The molecule has 0 aliphatic rings. The molecule has 0 fully saturated rings. The Morgan fingerprint density at radius 2 is 1.73 bits per heavy atom. The van der Waals surface area contributed by atoms with E-state index in [0.29, 0.717) is 26.6 Å². The minimum Gasteiger partial charge on any atom is -0.292 e. The van der Waals surface area contributed by atoms with Crippen molar-refractivity contribution < 1.29 is 4.79 Å². The van der Waals surface area contributed by atoms with Gasteiger partial charge in [-0.05, 0) is 61.2 Å². The lowest BCUT2D eigenvalue weighted by molar-refractivity contribution is -0.110. The molecule has 4 rings (SSSR count). The van der Waals surface area contributed by atoms with E-state index in [4.69, 9.17) is 23.2 Å². The molecule has 0 bridgehead atoms. The Kier molecular flexibility index (Phi) is 7.13. The number of hydrazone groups is 1. The van der Waals surface area contributed by atoms with E-state index in [1.807, 2.05) is 66.1 Å². The van der Waals surface area contributed by atoms with Crippen LogP contribution in [0.3, 0.4) is 0 Å². The van der Waals surface area contributed by atoms with Crippen molar-refractivity contribution in [2.24, 2.45) is 5.10 Å². The summed E-state index contributed by atoms with van der Waals surface area (Å²) < 4.78 is 1.84. The molecule has 0 aliphatic heterocycles. The van der Waals surface area contributed by atoms with Crippen molar-refractivity contribution in [3.05, 3.63) is 88.4 Å². The average molecular weight is 496 g/mol. The Hall–Kier alpha value is -3.13. The Morgan fingerprint density at radius 3 is 2.39 bits per heavy atom. The highest BCUT2D eigenvalue weighted by Crippen LogP contribution is 2.34. The third kappa shape index (κ3) is 5.45. The number of hydrogen-bond donors (Lipinski definition) is 1. The van der Waals surface area contributed by atoms with Crippen LogP contribution in [0.2, 0.25) is 10.0 Å². The number of aromatic nitrogens is 3. The van der Waals surface area contributed by atoms with E-state index in [9.17, 15) is 4.79 Å². The first-order valence-electron chi connectivity index (χ1n) is 9.98. The van der Waals surface area contributed by atoms with Crippen LogP contribution >= 0.6 is 35.0 Å². The maximum atomic E-state index is 12.4. The molecule has 1 aromatic heterocycles. The van der Waals surface area contributed by atoms with Gasteiger partial charge in [-0.3, -0.25) is 14.8 Å². The number of Topliss-reactive ketones (excluding diaryl/α,β-unsaturated/α-hetero) is 1. The van der Waals surface area contributed by atoms with Crippen molar-refractivity contribution in [1.29, 1.82) is 0 Å². The summed E-state index contributed by atoms with van der Waals surface area (Å²) in [5.74, 6) is 0.327. The summed E-state index contributed by atoms with van der Waals surface area (Å²) in [6.07, 6.45) is 0. The van der Waals surface area contributed by atoms with E-state index in [0.717, 1.165) is 28.7 Å². The minimum atomic E-state index is -0.201. The number of nitrogens with zero attached hydrogens (tertiary/aromatic N) is 4. The lowest BCUT2D eigenvalue weighted by Gasteiger charge is -2.11. The zero-order valence-electron chi connectivity index (χ0n) is 17.8. The number of anilines is 1. The molecule has 1 N–H and O–H groups in total. The first kappa shape index (κ1) is 23.0. The van der Waals surface area contributed by atoms with E-state index in [1.54, 1.807) is 18.2 Å². The molecule has 166 valence electrons. The number of hydrogen-bond acceptors (Lipinski definition) is 6. The van der Waals surface area contributed by atoms with Crippen LogP contribution in [-0.2, 0) is 4.79 Å². The van der Waals surface area contributed by atoms with Crippen LogP contribution in [0.25, 0.3) is 17.1 Å². The van der Waals surface area contributed by atoms with Gasteiger partial charge in [-0.1, -0.05) is 59.1 Å². The van der Waals surface area contributed by atoms with E-state index < -0.39 is 0 Å². The Balaban J connectivity index is 1.74. The van der Waals surface area contributed by atoms with Crippen molar-refractivity contribution in [2.75, 3.05) is 5.43 Å². The predicted octanol–water partition coefficient (Wildman–Crippen LogP) is 6.66. The molecule has 0 spiro atoms. The van der Waals surface area contributed by atoms with Crippen molar-refractivity contribution >= 4 is 51.5 Å². The number of nitrogens with one attached hydrogen (secondary N) is 1. The summed E-state index contributed by atoms with van der Waals surface area (Å²) in [7, 11) is 0. The second-order valence-electron chi connectivity index (χ2n) is 7.15. The summed E-state index contributed by atoms with van der Waals surface area (Å²) in [6.45, 7) is 3.47. The summed E-state index contributed by atoms with van der Waals surface area (Å²) >= 11 is 13.7. The Labute approximate surface area is 205 Å². The van der Waals surface area contributed by atoms with Gasteiger partial charge in [0.2, 0.25) is 5.16 Å². The maximum absolute atomic E-state index is 12.4. The van der Waals surface area contributed by atoms with Crippen LogP contribution in [0.15, 0.2) is 83.1 Å². The van der Waals surface area contributed by atoms with Gasteiger partial charge in [-0.25, -0.2) is 0 Å². The second kappa shape index (κ2) is 10.2. The van der Waals surface area contributed by atoms with Crippen molar-refractivity contribution in [3.8, 4) is 17.1 Å². The molecule has 1 heterocycles. The summed E-state index contributed by atoms with van der Waals surface area (Å²) in [6, 6.07) is 22.5. The highest BCUT2D eigenvalue weighted by atomic mass is 35.5. The average Bonchev–Trinajstić information content (AvgIpc) is 3.21. The smallest absolute Gasteiger partial charge is 0.202 e. The number of benzene rings is 3. The standard InChI is InChI=1S/C24H19Cl2N5OS/c1-15-8-11-18(12-9-15)27-29-23(16(2)32)33-24-30-28-22(20-13-10-17(25)14-21(20)26)31(24)19-6-4-3-5-7-19/h3-14,27H,1-2H3/b29-23-. The van der Waals surface area contributed by atoms with Gasteiger partial charge >= 0.3 is 0 Å². The molecule has 0 saturated heterocycles. The van der Waals surface area contributed by atoms with Gasteiger partial charge in [-0.2, -0.15) is 5.10 Å². The molecule has 0 aliphatic carbocycles. The first-order chi connectivity index (χ1) is 15.9. The number of aryl methyl sites for hydroxylation is 1. The Morgan fingerprint density at radius 1 is 1.00 bits per heavy atom. The summed E-state index contributed by atoms with van der Waals surface area (Å²) in [4.78, 5) is 12.4. The number of para-hydroxylation sites is 1. The molecule has 33 heavy (non-hydrogen) atoms. The van der Waals surface area contributed by atoms with Crippen molar-refractivity contribution in [1.82, 2.24) is 14.8 Å². The van der Waals surface area contributed by atoms with E-state index in [-0.39, 0.29) is 10.8 Å². The third-order valence-electron chi connectivity index (χ3n) is 4.65. The summed E-state index contributed by atoms with van der Waals surface area (Å²) in [5, 5.41) is 14.7. The van der Waals surface area contributed by atoms with Crippen LogP contribution in [0.1, 0.15) is 12.5 Å².